The topological polar surface area (TPSA) is 67.6 Å². The zero-order valence-electron chi connectivity index (χ0n) is 4.70. The Hall–Kier alpha value is -1.23. The van der Waals surface area contributed by atoms with E-state index in [4.69, 9.17) is 5.73 Å². The number of carbonyl (C=O) groups is 1. The second-order valence-corrected chi connectivity index (χ2v) is 1.47. The van der Waals surface area contributed by atoms with Crippen molar-refractivity contribution in [2.24, 2.45) is 5.73 Å². The van der Waals surface area contributed by atoms with E-state index in [1.54, 1.807) is 6.08 Å². The van der Waals surface area contributed by atoms with Crippen LogP contribution in [-0.4, -0.2) is 17.7 Å². The van der Waals surface area contributed by atoms with Crippen LogP contribution in [0.15, 0.2) is 12.3 Å². The van der Waals surface area contributed by atoms with Crippen molar-refractivity contribution in [2.45, 2.75) is 0 Å². The first-order valence-corrected chi connectivity index (χ1v) is 2.45. The van der Waals surface area contributed by atoms with Crippen molar-refractivity contribution in [3.05, 3.63) is 12.3 Å². The van der Waals surface area contributed by atoms with Gasteiger partial charge < -0.3 is 10.6 Å². The van der Waals surface area contributed by atoms with Crippen LogP contribution in [0.25, 0.3) is 0 Å². The molecule has 0 aromatic carbocycles. The molecule has 5 heteroatoms. The van der Waals surface area contributed by atoms with Gasteiger partial charge in [0.15, 0.2) is 0 Å². The number of urea groups is 1. The summed E-state index contributed by atoms with van der Waals surface area (Å²) >= 11 is 0. The smallest absolute Gasteiger partial charge is 0.363 e. The molecule has 1 aliphatic rings. The molecule has 0 saturated heterocycles. The Morgan fingerprint density at radius 3 is 3.00 bits per heavy atom. The predicted molar refractivity (Wildman–Crippen MR) is 29.7 cm³/mol. The molecule has 0 radical (unpaired) electrons. The van der Waals surface area contributed by atoms with Gasteiger partial charge in [-0.25, -0.2) is 4.79 Å². The van der Waals surface area contributed by atoms with Crippen LogP contribution < -0.4 is 11.2 Å². The molecular formula is C4H7N3O2. The van der Waals surface area contributed by atoms with E-state index in [0.717, 1.165) is 5.17 Å². The van der Waals surface area contributed by atoms with E-state index >= 15 is 0 Å². The van der Waals surface area contributed by atoms with E-state index in [-0.39, 0.29) is 0 Å². The summed E-state index contributed by atoms with van der Waals surface area (Å²) in [4.78, 5) is 14.9. The first-order chi connectivity index (χ1) is 4.30. The molecular weight excluding hydrogens is 122 g/mol. The number of amides is 2. The molecule has 0 aliphatic carbocycles. The Morgan fingerprint density at radius 1 is 1.89 bits per heavy atom. The van der Waals surface area contributed by atoms with Crippen molar-refractivity contribution >= 4 is 6.03 Å². The van der Waals surface area contributed by atoms with Gasteiger partial charge in [0.2, 0.25) is 0 Å². The highest BCUT2D eigenvalue weighted by Gasteiger charge is 2.09. The highest BCUT2D eigenvalue weighted by molar-refractivity contribution is 5.70. The maximum absolute atomic E-state index is 10.3. The molecule has 0 atom stereocenters. The molecule has 1 rings (SSSR count). The van der Waals surface area contributed by atoms with E-state index in [1.807, 2.05) is 0 Å². The number of hydrazine groups is 1. The van der Waals surface area contributed by atoms with Crippen molar-refractivity contribution in [3.63, 3.8) is 0 Å². The molecule has 2 amide bonds. The molecule has 50 valence electrons. The summed E-state index contributed by atoms with van der Waals surface area (Å²) in [5, 5.41) is 0.861. The molecule has 5 nitrogen and oxygen atoms in total. The van der Waals surface area contributed by atoms with Gasteiger partial charge >= 0.3 is 6.03 Å². The second-order valence-electron chi connectivity index (χ2n) is 1.47. The van der Waals surface area contributed by atoms with E-state index in [9.17, 15) is 4.79 Å². The summed E-state index contributed by atoms with van der Waals surface area (Å²) in [6, 6.07) is -0.653. The average molecular weight is 129 g/mol. The third-order valence-electron chi connectivity index (χ3n) is 0.815. The Balaban J connectivity index is 2.44. The number of hydrogen-bond donors (Lipinski definition) is 2. The lowest BCUT2D eigenvalue weighted by atomic mass is 10.6. The maximum atomic E-state index is 10.3. The Bertz CT molecular complexity index is 145. The fourth-order valence-electron chi connectivity index (χ4n) is 0.455. The number of rotatable bonds is 0. The predicted octanol–water partition coefficient (Wildman–Crippen LogP) is -0.669. The molecule has 1 heterocycles. The molecule has 0 aromatic heterocycles. The first-order valence-electron chi connectivity index (χ1n) is 2.45. The summed E-state index contributed by atoms with van der Waals surface area (Å²) in [5.41, 5.74) is 7.40. The van der Waals surface area contributed by atoms with Crippen molar-refractivity contribution in [1.82, 2.24) is 10.6 Å². The van der Waals surface area contributed by atoms with Crippen LogP contribution in [0.3, 0.4) is 0 Å². The van der Waals surface area contributed by atoms with E-state index < -0.39 is 6.03 Å². The van der Waals surface area contributed by atoms with E-state index in [1.165, 1.54) is 6.26 Å². The minimum atomic E-state index is -0.653. The van der Waals surface area contributed by atoms with Gasteiger partial charge in [0.25, 0.3) is 0 Å². The normalized spacial score (nSPS) is 17.1. The summed E-state index contributed by atoms with van der Waals surface area (Å²) < 4.78 is 0. The minimum Gasteiger partial charge on any atom is -0.368 e. The van der Waals surface area contributed by atoms with Crippen LogP contribution in [0.4, 0.5) is 4.79 Å². The molecule has 0 saturated carbocycles. The standard InChI is InChI=1S/C4H7N3O2/c5-4(8)7-6-2-1-3-9-7/h1,3,6H,2H2,(H2,5,8). The Kier molecular flexibility index (Phi) is 1.55. The lowest BCUT2D eigenvalue weighted by Gasteiger charge is -2.20. The summed E-state index contributed by atoms with van der Waals surface area (Å²) in [6.45, 7) is 0.558. The molecule has 3 N–H and O–H groups in total. The van der Waals surface area contributed by atoms with Crippen LogP contribution in [0.2, 0.25) is 0 Å². The van der Waals surface area contributed by atoms with Gasteiger partial charge in [-0.3, -0.25) is 0 Å². The Morgan fingerprint density at radius 2 is 2.67 bits per heavy atom. The zero-order chi connectivity index (χ0) is 6.69. The monoisotopic (exact) mass is 129 g/mol. The molecule has 0 aromatic rings. The van der Waals surface area contributed by atoms with Crippen LogP contribution in [0.1, 0.15) is 0 Å². The fourth-order valence-corrected chi connectivity index (χ4v) is 0.455. The van der Waals surface area contributed by atoms with E-state index in [0.29, 0.717) is 6.54 Å². The number of hydroxylamine groups is 1. The number of nitrogens with two attached hydrogens (primary N) is 1. The van der Waals surface area contributed by atoms with Gasteiger partial charge in [-0.15, -0.1) is 0 Å². The average Bonchev–Trinajstić information content (AvgIpc) is 1.90. The highest BCUT2D eigenvalue weighted by atomic mass is 16.7. The fraction of sp³-hybridized carbons (Fsp3) is 0.250. The van der Waals surface area contributed by atoms with Crippen LogP contribution in [-0.2, 0) is 4.84 Å². The largest absolute Gasteiger partial charge is 0.368 e. The van der Waals surface area contributed by atoms with Crippen molar-refractivity contribution in [3.8, 4) is 0 Å². The molecule has 1 aliphatic heterocycles. The molecule has 9 heavy (non-hydrogen) atoms. The lowest BCUT2D eigenvalue weighted by molar-refractivity contribution is -0.102. The van der Waals surface area contributed by atoms with Crippen LogP contribution >= 0.6 is 0 Å². The quantitative estimate of drug-likeness (QED) is 0.455. The number of nitrogens with zero attached hydrogens (tertiary/aromatic N) is 1. The second kappa shape index (κ2) is 2.36. The summed E-state index contributed by atoms with van der Waals surface area (Å²) in [5.74, 6) is 0. The van der Waals surface area contributed by atoms with Crippen molar-refractivity contribution in [1.29, 1.82) is 0 Å². The molecule has 0 unspecified atom stereocenters. The number of primary amides is 1. The maximum Gasteiger partial charge on any atom is 0.363 e. The summed E-state index contributed by atoms with van der Waals surface area (Å²) in [7, 11) is 0. The third kappa shape index (κ3) is 1.33. The van der Waals surface area contributed by atoms with Gasteiger partial charge in [0.1, 0.15) is 6.26 Å². The third-order valence-corrected chi connectivity index (χ3v) is 0.815. The van der Waals surface area contributed by atoms with Gasteiger partial charge in [0, 0.05) is 6.54 Å². The van der Waals surface area contributed by atoms with Gasteiger partial charge in [-0.05, 0) is 6.08 Å². The molecule has 0 spiro atoms. The van der Waals surface area contributed by atoms with Gasteiger partial charge in [0.05, 0.1) is 0 Å². The van der Waals surface area contributed by atoms with Crippen molar-refractivity contribution in [2.75, 3.05) is 6.54 Å². The van der Waals surface area contributed by atoms with Crippen molar-refractivity contribution < 1.29 is 9.63 Å². The van der Waals surface area contributed by atoms with Gasteiger partial charge in [-0.1, -0.05) is 5.17 Å². The number of carbonyl (C=O) groups excluding carboxylic acids is 1. The van der Waals surface area contributed by atoms with Gasteiger partial charge in [-0.2, -0.15) is 5.43 Å². The van der Waals surface area contributed by atoms with E-state index in [2.05, 4.69) is 10.3 Å². The lowest BCUT2D eigenvalue weighted by Crippen LogP contribution is -2.46. The zero-order valence-corrected chi connectivity index (χ0v) is 4.70. The molecule has 0 bridgehead atoms. The Labute approximate surface area is 52.0 Å². The highest BCUT2D eigenvalue weighted by Crippen LogP contribution is 1.90. The minimum absolute atomic E-state index is 0.558. The number of nitrogens with one attached hydrogen (secondary N) is 1. The molecule has 0 fully saturated rings. The van der Waals surface area contributed by atoms with Crippen LogP contribution in [0, 0.1) is 0 Å². The summed E-state index contributed by atoms with van der Waals surface area (Å²) in [6.07, 6.45) is 3.11. The van der Waals surface area contributed by atoms with Crippen LogP contribution in [0.5, 0.6) is 0 Å². The SMILES string of the molecule is NC(=O)N1NCC=CO1. The first kappa shape index (κ1) is 5.90. The number of hydrogen-bond acceptors (Lipinski definition) is 3.